The second kappa shape index (κ2) is 7.60. The normalized spacial score (nSPS) is 17.3. The average Bonchev–Trinajstić information content (AvgIpc) is 2.65. The highest BCUT2D eigenvalue weighted by Gasteiger charge is 2.58. The number of benzene rings is 2. The summed E-state index contributed by atoms with van der Waals surface area (Å²) < 4.78 is 93.1. The van der Waals surface area contributed by atoms with Gasteiger partial charge in [-0.25, -0.2) is 0 Å². The standard InChI is InChI=1S/C23H19F7/c1-14(16-4-3-5-20(11-16)23(28,29)30)6-7-15(2)17-8-9-18-12-21(24,25)22(26,27)13-19(18)10-17/h3-5,8-11H,1-2,6-7,12-13H2. The van der Waals surface area contributed by atoms with Crippen LogP contribution in [0.15, 0.2) is 55.6 Å². The van der Waals surface area contributed by atoms with E-state index >= 15 is 0 Å². The molecule has 0 N–H and O–H groups in total. The van der Waals surface area contributed by atoms with E-state index in [9.17, 15) is 30.7 Å². The van der Waals surface area contributed by atoms with Crippen LogP contribution in [0.25, 0.3) is 11.1 Å². The first kappa shape index (κ1) is 22.1. The molecule has 0 radical (unpaired) electrons. The molecule has 0 aliphatic heterocycles. The van der Waals surface area contributed by atoms with Gasteiger partial charge in [-0.15, -0.1) is 0 Å². The number of hydrogen-bond acceptors (Lipinski definition) is 0. The molecule has 2 aromatic carbocycles. The molecule has 160 valence electrons. The third kappa shape index (κ3) is 4.45. The maximum Gasteiger partial charge on any atom is 0.416 e. The molecule has 0 bridgehead atoms. The van der Waals surface area contributed by atoms with Gasteiger partial charge in [0.05, 0.1) is 5.56 Å². The minimum absolute atomic E-state index is 0.154. The first-order chi connectivity index (χ1) is 13.8. The van der Waals surface area contributed by atoms with Gasteiger partial charge in [-0.3, -0.25) is 0 Å². The maximum atomic E-state index is 13.7. The van der Waals surface area contributed by atoms with Gasteiger partial charge in [-0.2, -0.15) is 30.7 Å². The van der Waals surface area contributed by atoms with E-state index in [4.69, 9.17) is 0 Å². The molecule has 0 heterocycles. The van der Waals surface area contributed by atoms with Crippen LogP contribution in [0.4, 0.5) is 30.7 Å². The lowest BCUT2D eigenvalue weighted by atomic mass is 9.84. The lowest BCUT2D eigenvalue weighted by molar-refractivity contribution is -0.211. The van der Waals surface area contributed by atoms with Crippen molar-refractivity contribution in [3.8, 4) is 0 Å². The fourth-order valence-electron chi connectivity index (χ4n) is 3.43. The molecule has 3 rings (SSSR count). The molecule has 0 atom stereocenters. The van der Waals surface area contributed by atoms with E-state index in [1.54, 1.807) is 6.07 Å². The van der Waals surface area contributed by atoms with Crippen molar-refractivity contribution < 1.29 is 30.7 Å². The number of rotatable bonds is 5. The van der Waals surface area contributed by atoms with Crippen molar-refractivity contribution in [3.05, 3.63) is 83.4 Å². The number of fused-ring (bicyclic) bond motifs is 1. The van der Waals surface area contributed by atoms with Crippen molar-refractivity contribution in [1.29, 1.82) is 0 Å². The number of halogens is 7. The second-order valence-corrected chi connectivity index (χ2v) is 7.53. The number of alkyl halides is 7. The van der Waals surface area contributed by atoms with Crippen molar-refractivity contribution in [1.82, 2.24) is 0 Å². The minimum Gasteiger partial charge on any atom is -0.200 e. The summed E-state index contributed by atoms with van der Waals surface area (Å²) in [5.41, 5.74) is 1.49. The summed E-state index contributed by atoms with van der Waals surface area (Å²) in [5.74, 6) is -8.20. The molecule has 0 saturated carbocycles. The van der Waals surface area contributed by atoms with Gasteiger partial charge in [-0.1, -0.05) is 43.5 Å². The Morgan fingerprint density at radius 3 is 1.87 bits per heavy atom. The lowest BCUT2D eigenvalue weighted by Crippen LogP contribution is -2.47. The Bertz CT molecular complexity index is 983. The summed E-state index contributed by atoms with van der Waals surface area (Å²) in [5, 5.41) is 0. The van der Waals surface area contributed by atoms with Gasteiger partial charge >= 0.3 is 18.0 Å². The Morgan fingerprint density at radius 1 is 0.767 bits per heavy atom. The van der Waals surface area contributed by atoms with Crippen molar-refractivity contribution in [3.63, 3.8) is 0 Å². The fourth-order valence-corrected chi connectivity index (χ4v) is 3.43. The SMILES string of the molecule is C=C(CCC(=C)c1ccc2c(c1)CC(F)(F)C(F)(F)C2)c1cccc(C(F)(F)F)c1. The molecule has 0 amide bonds. The summed E-state index contributed by atoms with van der Waals surface area (Å²) in [4.78, 5) is 0. The Morgan fingerprint density at radius 2 is 1.30 bits per heavy atom. The van der Waals surface area contributed by atoms with Crippen LogP contribution in [0.1, 0.15) is 40.7 Å². The van der Waals surface area contributed by atoms with Gasteiger partial charge in [0.1, 0.15) is 0 Å². The first-order valence-electron chi connectivity index (χ1n) is 9.21. The highest BCUT2D eigenvalue weighted by Crippen LogP contribution is 2.44. The minimum atomic E-state index is -4.46. The largest absolute Gasteiger partial charge is 0.416 e. The Kier molecular flexibility index (Phi) is 5.60. The predicted octanol–water partition coefficient (Wildman–Crippen LogP) is 7.58. The highest BCUT2D eigenvalue weighted by atomic mass is 19.4. The number of allylic oxidation sites excluding steroid dienone is 2. The van der Waals surface area contributed by atoms with Crippen LogP contribution in [0.2, 0.25) is 0 Å². The zero-order chi connectivity index (χ0) is 22.3. The van der Waals surface area contributed by atoms with Gasteiger partial charge in [0.15, 0.2) is 0 Å². The molecule has 0 nitrogen and oxygen atoms in total. The molecule has 0 spiro atoms. The molecule has 0 unspecified atom stereocenters. The molecule has 7 heteroatoms. The molecule has 1 aliphatic rings. The molecule has 2 aromatic rings. The summed E-state index contributed by atoms with van der Waals surface area (Å²) in [6, 6.07) is 9.22. The third-order valence-electron chi connectivity index (χ3n) is 5.30. The Hall–Kier alpha value is -2.57. The second-order valence-electron chi connectivity index (χ2n) is 7.53. The van der Waals surface area contributed by atoms with E-state index in [0.29, 0.717) is 35.1 Å². The molecule has 1 aliphatic carbocycles. The van der Waals surface area contributed by atoms with Crippen molar-refractivity contribution >= 4 is 11.1 Å². The zero-order valence-corrected chi connectivity index (χ0v) is 15.9. The topological polar surface area (TPSA) is 0 Å². The van der Waals surface area contributed by atoms with Gasteiger partial charge in [0.25, 0.3) is 0 Å². The van der Waals surface area contributed by atoms with E-state index in [2.05, 4.69) is 13.2 Å². The van der Waals surface area contributed by atoms with E-state index in [1.165, 1.54) is 24.3 Å². The molecule has 0 fully saturated rings. The van der Waals surface area contributed by atoms with E-state index in [-0.39, 0.29) is 11.1 Å². The van der Waals surface area contributed by atoms with Gasteiger partial charge in [0, 0.05) is 12.8 Å². The molecule has 0 aromatic heterocycles. The van der Waals surface area contributed by atoms with Crippen LogP contribution < -0.4 is 0 Å². The van der Waals surface area contributed by atoms with Crippen molar-refractivity contribution in [2.24, 2.45) is 0 Å². The lowest BCUT2D eigenvalue weighted by Gasteiger charge is -2.32. The quantitative estimate of drug-likeness (QED) is 0.431. The van der Waals surface area contributed by atoms with Gasteiger partial charge in [0.2, 0.25) is 0 Å². The smallest absolute Gasteiger partial charge is 0.200 e. The zero-order valence-electron chi connectivity index (χ0n) is 15.9. The highest BCUT2D eigenvalue weighted by molar-refractivity contribution is 5.70. The summed E-state index contributed by atoms with van der Waals surface area (Å²) in [7, 11) is 0. The summed E-state index contributed by atoms with van der Waals surface area (Å²) in [6.45, 7) is 7.73. The van der Waals surface area contributed by atoms with E-state index < -0.39 is 36.4 Å². The summed E-state index contributed by atoms with van der Waals surface area (Å²) in [6.07, 6.45) is -5.88. The van der Waals surface area contributed by atoms with Gasteiger partial charge in [-0.05, 0) is 58.4 Å². The van der Waals surface area contributed by atoms with Crippen LogP contribution in [-0.4, -0.2) is 11.8 Å². The van der Waals surface area contributed by atoms with Crippen molar-refractivity contribution in [2.45, 2.75) is 43.7 Å². The predicted molar refractivity (Wildman–Crippen MR) is 102 cm³/mol. The third-order valence-corrected chi connectivity index (χ3v) is 5.30. The van der Waals surface area contributed by atoms with E-state index in [0.717, 1.165) is 12.1 Å². The fraction of sp³-hybridized carbons (Fsp3) is 0.304. The molecular weight excluding hydrogens is 409 g/mol. The average molecular weight is 428 g/mol. The van der Waals surface area contributed by atoms with Crippen molar-refractivity contribution in [2.75, 3.05) is 0 Å². The van der Waals surface area contributed by atoms with Gasteiger partial charge < -0.3 is 0 Å². The van der Waals surface area contributed by atoms with E-state index in [1.807, 2.05) is 0 Å². The van der Waals surface area contributed by atoms with Crippen LogP contribution in [0.5, 0.6) is 0 Å². The Balaban J connectivity index is 1.70. The molecular formula is C23H19F7. The Labute approximate surface area is 169 Å². The van der Waals surface area contributed by atoms with Crippen LogP contribution >= 0.6 is 0 Å². The monoisotopic (exact) mass is 428 g/mol. The van der Waals surface area contributed by atoms with Crippen LogP contribution in [0.3, 0.4) is 0 Å². The molecule has 0 saturated heterocycles. The first-order valence-corrected chi connectivity index (χ1v) is 9.21. The number of hydrogen-bond donors (Lipinski definition) is 0. The summed E-state index contributed by atoms with van der Waals surface area (Å²) >= 11 is 0. The van der Waals surface area contributed by atoms with Crippen LogP contribution in [-0.2, 0) is 19.0 Å². The van der Waals surface area contributed by atoms with Crippen LogP contribution in [0, 0.1) is 0 Å². The maximum absolute atomic E-state index is 13.7. The molecule has 30 heavy (non-hydrogen) atoms.